The Labute approximate surface area is 98.0 Å². The van der Waals surface area contributed by atoms with Crippen LogP contribution in [-0.2, 0) is 4.79 Å². The molecule has 2 rings (SSSR count). The maximum atomic E-state index is 11.3. The van der Waals surface area contributed by atoms with Crippen molar-refractivity contribution in [3.8, 4) is 11.5 Å². The molecule has 0 spiro atoms. The lowest BCUT2D eigenvalue weighted by molar-refractivity contribution is -0.138. The van der Waals surface area contributed by atoms with Crippen LogP contribution in [0, 0.1) is 0 Å². The van der Waals surface area contributed by atoms with Gasteiger partial charge in [0.2, 0.25) is 5.78 Å². The molecule has 0 aliphatic carbocycles. The van der Waals surface area contributed by atoms with E-state index < -0.39 is 12.1 Å². The maximum absolute atomic E-state index is 11.3. The average Bonchev–Trinajstić information content (AvgIpc) is 2.58. The normalized spacial score (nSPS) is 15.0. The molecule has 0 saturated carbocycles. The van der Waals surface area contributed by atoms with E-state index in [2.05, 4.69) is 0 Å². The number of carboxylic acids is 1. The zero-order valence-corrected chi connectivity index (χ0v) is 9.30. The number of carbonyl (C=O) groups excluding carboxylic acids is 1. The van der Waals surface area contributed by atoms with Crippen molar-refractivity contribution in [3.63, 3.8) is 0 Å². The number of benzene rings is 1. The van der Waals surface area contributed by atoms with E-state index in [9.17, 15) is 9.59 Å². The van der Waals surface area contributed by atoms with Crippen molar-refractivity contribution >= 4 is 11.8 Å². The number of ketones is 1. The van der Waals surface area contributed by atoms with Gasteiger partial charge in [0.25, 0.3) is 0 Å². The minimum Gasteiger partial charge on any atom is -0.490 e. The smallest absolute Gasteiger partial charge is 0.307 e. The van der Waals surface area contributed by atoms with E-state index in [0.717, 1.165) is 0 Å². The molecular weight excluding hydrogens is 224 g/mol. The summed E-state index contributed by atoms with van der Waals surface area (Å²) >= 11 is 0. The molecule has 1 N–H and O–H groups in total. The minimum absolute atomic E-state index is 0.0508. The van der Waals surface area contributed by atoms with Gasteiger partial charge in [0, 0.05) is 6.07 Å². The molecule has 0 saturated heterocycles. The number of aliphatic carboxylic acids is 1. The third-order valence-electron chi connectivity index (χ3n) is 2.41. The van der Waals surface area contributed by atoms with Crippen LogP contribution in [0.1, 0.15) is 23.7 Å². The quantitative estimate of drug-likeness (QED) is 0.857. The van der Waals surface area contributed by atoms with E-state index in [1.54, 1.807) is 25.1 Å². The highest BCUT2D eigenvalue weighted by atomic mass is 16.5. The van der Waals surface area contributed by atoms with Gasteiger partial charge in [0.05, 0.1) is 12.0 Å². The molecular formula is C12H12O5. The monoisotopic (exact) mass is 236 g/mol. The summed E-state index contributed by atoms with van der Waals surface area (Å²) in [5, 5.41) is 8.60. The van der Waals surface area contributed by atoms with Crippen LogP contribution in [0.25, 0.3) is 0 Å². The molecule has 1 atom stereocenters. The van der Waals surface area contributed by atoms with Crippen molar-refractivity contribution in [1.82, 2.24) is 0 Å². The topological polar surface area (TPSA) is 72.8 Å². The Balaban J connectivity index is 2.08. The molecule has 0 unspecified atom stereocenters. The van der Waals surface area contributed by atoms with E-state index in [-0.39, 0.29) is 18.8 Å². The van der Waals surface area contributed by atoms with E-state index >= 15 is 0 Å². The first kappa shape index (κ1) is 11.4. The van der Waals surface area contributed by atoms with Crippen LogP contribution < -0.4 is 9.47 Å². The Morgan fingerprint density at radius 1 is 1.59 bits per heavy atom. The van der Waals surface area contributed by atoms with Crippen molar-refractivity contribution < 1.29 is 24.2 Å². The highest BCUT2D eigenvalue weighted by Crippen LogP contribution is 2.30. The Morgan fingerprint density at radius 2 is 2.35 bits per heavy atom. The molecule has 1 aromatic carbocycles. The van der Waals surface area contributed by atoms with Gasteiger partial charge in [-0.25, -0.2) is 0 Å². The molecule has 0 amide bonds. The highest BCUT2D eigenvalue weighted by molar-refractivity contribution is 6.02. The molecule has 1 heterocycles. The second-order valence-corrected chi connectivity index (χ2v) is 3.90. The largest absolute Gasteiger partial charge is 0.490 e. The zero-order valence-electron chi connectivity index (χ0n) is 9.30. The lowest BCUT2D eigenvalue weighted by atomic mass is 10.1. The number of carbonyl (C=O) groups is 2. The SMILES string of the molecule is C[C@H](CC(=O)O)Oc1ccc2c(c1)OCC2=O. The Morgan fingerprint density at radius 3 is 3.06 bits per heavy atom. The van der Waals surface area contributed by atoms with Crippen LogP contribution in [0.4, 0.5) is 0 Å². The summed E-state index contributed by atoms with van der Waals surface area (Å²) < 4.78 is 10.6. The Kier molecular flexibility index (Phi) is 2.99. The molecule has 0 bridgehead atoms. The van der Waals surface area contributed by atoms with Gasteiger partial charge in [-0.1, -0.05) is 0 Å². The molecule has 0 radical (unpaired) electrons. The molecule has 5 heteroatoms. The number of fused-ring (bicyclic) bond motifs is 1. The number of rotatable bonds is 4. The zero-order chi connectivity index (χ0) is 12.4. The summed E-state index contributed by atoms with van der Waals surface area (Å²) in [4.78, 5) is 21.8. The first-order valence-corrected chi connectivity index (χ1v) is 5.25. The van der Waals surface area contributed by atoms with Gasteiger partial charge in [0.1, 0.15) is 17.6 Å². The maximum Gasteiger partial charge on any atom is 0.307 e. The summed E-state index contributed by atoms with van der Waals surface area (Å²) in [7, 11) is 0. The lowest BCUT2D eigenvalue weighted by Gasteiger charge is -2.12. The predicted octanol–water partition coefficient (Wildman–Crippen LogP) is 1.50. The van der Waals surface area contributed by atoms with Gasteiger partial charge in [-0.2, -0.15) is 0 Å². The van der Waals surface area contributed by atoms with Crippen molar-refractivity contribution in [2.75, 3.05) is 6.61 Å². The van der Waals surface area contributed by atoms with Crippen LogP contribution in [0.5, 0.6) is 11.5 Å². The van der Waals surface area contributed by atoms with E-state index in [1.165, 1.54) is 0 Å². The van der Waals surface area contributed by atoms with E-state index in [0.29, 0.717) is 17.1 Å². The van der Waals surface area contributed by atoms with Gasteiger partial charge >= 0.3 is 5.97 Å². The second-order valence-electron chi connectivity index (χ2n) is 3.90. The molecule has 17 heavy (non-hydrogen) atoms. The number of ether oxygens (including phenoxy) is 2. The van der Waals surface area contributed by atoms with Gasteiger partial charge in [-0.3, -0.25) is 9.59 Å². The minimum atomic E-state index is -0.912. The highest BCUT2D eigenvalue weighted by Gasteiger charge is 2.21. The van der Waals surface area contributed by atoms with Gasteiger partial charge < -0.3 is 14.6 Å². The number of hydrogen-bond donors (Lipinski definition) is 1. The van der Waals surface area contributed by atoms with Gasteiger partial charge in [-0.05, 0) is 19.1 Å². The number of hydrogen-bond acceptors (Lipinski definition) is 4. The van der Waals surface area contributed by atoms with Crippen LogP contribution in [0.2, 0.25) is 0 Å². The number of Topliss-reactive ketones (excluding diaryl/α,β-unsaturated/α-hetero) is 1. The molecule has 90 valence electrons. The summed E-state index contributed by atoms with van der Waals surface area (Å²) in [5.41, 5.74) is 0.545. The molecule has 0 aromatic heterocycles. The van der Waals surface area contributed by atoms with Gasteiger partial charge in [-0.15, -0.1) is 0 Å². The summed E-state index contributed by atoms with van der Waals surface area (Å²) in [6.45, 7) is 1.73. The molecule has 1 aliphatic rings. The van der Waals surface area contributed by atoms with Crippen molar-refractivity contribution in [3.05, 3.63) is 23.8 Å². The predicted molar refractivity (Wildman–Crippen MR) is 58.6 cm³/mol. The number of carboxylic acid groups (broad SMARTS) is 1. The molecule has 1 aromatic rings. The Bertz CT molecular complexity index is 466. The fraction of sp³-hybridized carbons (Fsp3) is 0.333. The fourth-order valence-corrected chi connectivity index (χ4v) is 1.67. The average molecular weight is 236 g/mol. The third-order valence-corrected chi connectivity index (χ3v) is 2.41. The second kappa shape index (κ2) is 4.45. The molecule has 1 aliphatic heterocycles. The van der Waals surface area contributed by atoms with Crippen LogP contribution in [-0.4, -0.2) is 29.6 Å². The van der Waals surface area contributed by atoms with Crippen LogP contribution in [0.15, 0.2) is 18.2 Å². The first-order chi connectivity index (χ1) is 8.06. The standard InChI is InChI=1S/C12H12O5/c1-7(4-12(14)15)17-8-2-3-9-10(13)6-16-11(9)5-8/h2-3,5,7H,4,6H2,1H3,(H,14,15)/t7-/m1/s1. The van der Waals surface area contributed by atoms with E-state index in [4.69, 9.17) is 14.6 Å². The molecule has 5 nitrogen and oxygen atoms in total. The summed E-state index contributed by atoms with van der Waals surface area (Å²) in [6.07, 6.45) is -0.501. The van der Waals surface area contributed by atoms with Gasteiger partial charge in [0.15, 0.2) is 6.61 Å². The van der Waals surface area contributed by atoms with E-state index in [1.807, 2.05) is 0 Å². The van der Waals surface area contributed by atoms with Crippen molar-refractivity contribution in [1.29, 1.82) is 0 Å². The van der Waals surface area contributed by atoms with Crippen LogP contribution in [0.3, 0.4) is 0 Å². The molecule has 0 fully saturated rings. The van der Waals surface area contributed by atoms with Crippen molar-refractivity contribution in [2.45, 2.75) is 19.4 Å². The fourth-order valence-electron chi connectivity index (χ4n) is 1.67. The third kappa shape index (κ3) is 2.55. The first-order valence-electron chi connectivity index (χ1n) is 5.25. The summed E-state index contributed by atoms with van der Waals surface area (Å²) in [5.74, 6) is 0.0393. The van der Waals surface area contributed by atoms with Crippen LogP contribution >= 0.6 is 0 Å². The van der Waals surface area contributed by atoms with Crippen molar-refractivity contribution in [2.24, 2.45) is 0 Å². The Hall–Kier alpha value is -2.04. The lowest BCUT2D eigenvalue weighted by Crippen LogP contribution is -2.16. The summed E-state index contributed by atoms with van der Waals surface area (Å²) in [6, 6.07) is 4.88.